The molecule has 21 heavy (non-hydrogen) atoms. The lowest BCUT2D eigenvalue weighted by molar-refractivity contribution is -0.123. The van der Waals surface area contributed by atoms with Crippen molar-refractivity contribution in [2.45, 2.75) is 75.9 Å². The molecule has 0 aromatic heterocycles. The Morgan fingerprint density at radius 3 is 2.48 bits per heavy atom. The van der Waals surface area contributed by atoms with Crippen LogP contribution < -0.4 is 10.6 Å². The van der Waals surface area contributed by atoms with Gasteiger partial charge in [0, 0.05) is 31.2 Å². The summed E-state index contributed by atoms with van der Waals surface area (Å²) in [5, 5.41) is 6.94. The third kappa shape index (κ3) is 5.11. The summed E-state index contributed by atoms with van der Waals surface area (Å²) in [5.41, 5.74) is 0. The van der Waals surface area contributed by atoms with Crippen LogP contribution in [-0.4, -0.2) is 48.6 Å². The van der Waals surface area contributed by atoms with Gasteiger partial charge in [0.15, 0.2) is 0 Å². The molecule has 2 heterocycles. The number of fused-ring (bicyclic) bond motifs is 2. The van der Waals surface area contributed by atoms with E-state index < -0.39 is 0 Å². The number of hydrogen-bond donors (Lipinski definition) is 2. The van der Waals surface area contributed by atoms with Crippen LogP contribution in [0.2, 0.25) is 0 Å². The van der Waals surface area contributed by atoms with Crippen LogP contribution in [-0.2, 0) is 4.79 Å². The number of nitrogens with one attached hydrogen (secondary N) is 2. The minimum Gasteiger partial charge on any atom is -0.352 e. The minimum atomic E-state index is 0. The van der Waals surface area contributed by atoms with E-state index in [2.05, 4.69) is 15.5 Å². The molecule has 2 atom stereocenters. The van der Waals surface area contributed by atoms with Crippen LogP contribution in [0, 0.1) is 0 Å². The predicted octanol–water partition coefficient (Wildman–Crippen LogP) is 2.07. The molecule has 1 amide bonds. The molecule has 0 radical (unpaired) electrons. The van der Waals surface area contributed by atoms with E-state index in [1.807, 2.05) is 0 Å². The van der Waals surface area contributed by atoms with Gasteiger partial charge < -0.3 is 10.6 Å². The average molecular weight is 316 g/mol. The Labute approximate surface area is 134 Å². The van der Waals surface area contributed by atoms with Gasteiger partial charge in [0.2, 0.25) is 5.91 Å². The molecule has 0 spiro atoms. The van der Waals surface area contributed by atoms with Gasteiger partial charge in [0.25, 0.3) is 0 Å². The monoisotopic (exact) mass is 315 g/mol. The molecular weight excluding hydrogens is 286 g/mol. The molecule has 2 N–H and O–H groups in total. The highest BCUT2D eigenvalue weighted by molar-refractivity contribution is 5.85. The molecule has 0 aromatic rings. The highest BCUT2D eigenvalue weighted by atomic mass is 35.5. The van der Waals surface area contributed by atoms with Crippen molar-refractivity contribution in [1.82, 2.24) is 15.5 Å². The van der Waals surface area contributed by atoms with Crippen LogP contribution in [0.15, 0.2) is 0 Å². The molecule has 2 saturated heterocycles. The average Bonchev–Trinajstić information content (AvgIpc) is 2.61. The fraction of sp³-hybridized carbons (Fsp3) is 0.938. The van der Waals surface area contributed by atoms with Gasteiger partial charge in [-0.1, -0.05) is 25.7 Å². The number of hydrogen-bond acceptors (Lipinski definition) is 3. The Hall–Kier alpha value is -0.320. The maximum atomic E-state index is 12.2. The Balaban J connectivity index is 0.00000161. The topological polar surface area (TPSA) is 44.4 Å². The Kier molecular flexibility index (Phi) is 6.77. The van der Waals surface area contributed by atoms with Crippen molar-refractivity contribution in [3.63, 3.8) is 0 Å². The minimum absolute atomic E-state index is 0. The summed E-state index contributed by atoms with van der Waals surface area (Å²) in [6.07, 6.45) is 11.4. The largest absolute Gasteiger partial charge is 0.352 e. The number of amides is 1. The van der Waals surface area contributed by atoms with Crippen molar-refractivity contribution in [2.24, 2.45) is 0 Å². The molecule has 1 aliphatic carbocycles. The van der Waals surface area contributed by atoms with Crippen molar-refractivity contribution in [3.8, 4) is 0 Å². The lowest BCUT2D eigenvalue weighted by Crippen LogP contribution is -2.44. The standard InChI is InChI=1S/C16H29N3O.ClH/c20-16(18-13-5-3-1-2-4-6-13)12-19-10-9-14-7-8-15(11-19)17-14;/h13-15,17H,1-12H2,(H,18,20);1H. The second kappa shape index (κ2) is 8.35. The Morgan fingerprint density at radius 2 is 1.71 bits per heavy atom. The molecule has 122 valence electrons. The summed E-state index contributed by atoms with van der Waals surface area (Å²) in [6, 6.07) is 1.76. The van der Waals surface area contributed by atoms with E-state index in [1.165, 1.54) is 57.8 Å². The van der Waals surface area contributed by atoms with Gasteiger partial charge in [-0.05, 0) is 32.1 Å². The molecule has 3 rings (SSSR count). The van der Waals surface area contributed by atoms with Gasteiger partial charge in [-0.3, -0.25) is 9.69 Å². The first kappa shape index (κ1) is 17.0. The maximum absolute atomic E-state index is 12.2. The number of likely N-dealkylation sites (tertiary alicyclic amines) is 1. The van der Waals surface area contributed by atoms with Crippen LogP contribution in [0.3, 0.4) is 0 Å². The zero-order valence-corrected chi connectivity index (χ0v) is 13.8. The van der Waals surface area contributed by atoms with E-state index in [4.69, 9.17) is 0 Å². The van der Waals surface area contributed by atoms with Gasteiger partial charge in [-0.25, -0.2) is 0 Å². The summed E-state index contributed by atoms with van der Waals surface area (Å²) in [7, 11) is 0. The number of rotatable bonds is 3. The molecule has 2 unspecified atom stereocenters. The summed E-state index contributed by atoms with van der Waals surface area (Å²) in [6.45, 7) is 2.72. The molecule has 1 saturated carbocycles. The smallest absolute Gasteiger partial charge is 0.234 e. The number of carbonyl (C=O) groups excluding carboxylic acids is 1. The maximum Gasteiger partial charge on any atom is 0.234 e. The first-order valence-electron chi connectivity index (χ1n) is 8.57. The first-order chi connectivity index (χ1) is 9.79. The van der Waals surface area contributed by atoms with Gasteiger partial charge >= 0.3 is 0 Å². The normalized spacial score (nSPS) is 31.0. The van der Waals surface area contributed by atoms with Gasteiger partial charge in [0.1, 0.15) is 0 Å². The SMILES string of the molecule is Cl.O=C(CN1CCC2CCC(C1)N2)NC1CCCCCC1. The van der Waals surface area contributed by atoms with Gasteiger partial charge in [-0.2, -0.15) is 0 Å². The lowest BCUT2D eigenvalue weighted by Gasteiger charge is -2.24. The molecule has 5 heteroatoms. The van der Waals surface area contributed by atoms with E-state index >= 15 is 0 Å². The predicted molar refractivity (Wildman–Crippen MR) is 87.9 cm³/mol. The number of nitrogens with zero attached hydrogens (tertiary/aromatic N) is 1. The molecule has 4 nitrogen and oxygen atoms in total. The summed E-state index contributed by atoms with van der Waals surface area (Å²) in [4.78, 5) is 14.6. The fourth-order valence-corrected chi connectivity index (χ4v) is 4.06. The summed E-state index contributed by atoms with van der Waals surface area (Å²) in [5.74, 6) is 0.245. The zero-order chi connectivity index (χ0) is 13.8. The van der Waals surface area contributed by atoms with Crippen LogP contribution >= 0.6 is 12.4 Å². The molecule has 3 aliphatic rings. The van der Waals surface area contributed by atoms with Crippen LogP contribution in [0.4, 0.5) is 0 Å². The van der Waals surface area contributed by atoms with Crippen molar-refractivity contribution >= 4 is 18.3 Å². The second-order valence-corrected chi connectivity index (χ2v) is 6.92. The highest BCUT2D eigenvalue weighted by Crippen LogP contribution is 2.20. The molecule has 2 bridgehead atoms. The van der Waals surface area contributed by atoms with Crippen molar-refractivity contribution < 1.29 is 4.79 Å². The van der Waals surface area contributed by atoms with Gasteiger partial charge in [-0.15, -0.1) is 12.4 Å². The van der Waals surface area contributed by atoms with E-state index in [1.54, 1.807) is 0 Å². The Morgan fingerprint density at radius 1 is 1.00 bits per heavy atom. The second-order valence-electron chi connectivity index (χ2n) is 6.92. The fourth-order valence-electron chi connectivity index (χ4n) is 4.06. The Bertz CT molecular complexity index is 331. The summed E-state index contributed by atoms with van der Waals surface area (Å²) >= 11 is 0. The molecule has 0 aromatic carbocycles. The third-order valence-corrected chi connectivity index (χ3v) is 5.19. The van der Waals surface area contributed by atoms with Crippen LogP contribution in [0.1, 0.15) is 57.8 Å². The van der Waals surface area contributed by atoms with Crippen LogP contribution in [0.5, 0.6) is 0 Å². The molecule has 2 aliphatic heterocycles. The zero-order valence-electron chi connectivity index (χ0n) is 13.0. The van der Waals surface area contributed by atoms with Crippen molar-refractivity contribution in [1.29, 1.82) is 0 Å². The molecule has 3 fully saturated rings. The highest BCUT2D eigenvalue weighted by Gasteiger charge is 2.30. The van der Waals surface area contributed by atoms with E-state index in [0.717, 1.165) is 13.1 Å². The summed E-state index contributed by atoms with van der Waals surface area (Å²) < 4.78 is 0. The van der Waals surface area contributed by atoms with E-state index in [-0.39, 0.29) is 18.3 Å². The van der Waals surface area contributed by atoms with Crippen LogP contribution in [0.25, 0.3) is 0 Å². The van der Waals surface area contributed by atoms with Crippen molar-refractivity contribution in [3.05, 3.63) is 0 Å². The first-order valence-corrected chi connectivity index (χ1v) is 8.57. The quantitative estimate of drug-likeness (QED) is 0.784. The van der Waals surface area contributed by atoms with E-state index in [9.17, 15) is 4.79 Å². The number of halogens is 1. The third-order valence-electron chi connectivity index (χ3n) is 5.19. The lowest BCUT2D eigenvalue weighted by atomic mass is 10.1. The van der Waals surface area contributed by atoms with Gasteiger partial charge in [0.05, 0.1) is 6.54 Å². The molecular formula is C16H30ClN3O. The van der Waals surface area contributed by atoms with E-state index in [0.29, 0.717) is 24.7 Å². The van der Waals surface area contributed by atoms with Crippen molar-refractivity contribution in [2.75, 3.05) is 19.6 Å². The number of carbonyl (C=O) groups is 1.